The average molecular weight is 398 g/mol. The highest BCUT2D eigenvalue weighted by molar-refractivity contribution is 9.10. The number of imidazole rings is 1. The molecule has 3 aromatic rings. The molecule has 0 spiro atoms. The number of H-pyrrole nitrogens is 1. The predicted molar refractivity (Wildman–Crippen MR) is 102 cm³/mol. The molecule has 0 aliphatic rings. The number of halogens is 1. The maximum atomic E-state index is 9.60. The fraction of sp³-hybridized carbons (Fsp3) is 0.158. The first kappa shape index (κ1) is 17.1. The number of ether oxygens (including phenoxy) is 2. The lowest BCUT2D eigenvalue weighted by Gasteiger charge is -2.10. The normalized spacial score (nSPS) is 11.4. The minimum absolute atomic E-state index is 0.421. The van der Waals surface area contributed by atoms with Crippen molar-refractivity contribution in [1.82, 2.24) is 9.97 Å². The molecule has 1 aromatic heterocycles. The molecule has 1 heterocycles. The molecule has 126 valence electrons. The fourth-order valence-electron chi connectivity index (χ4n) is 2.56. The van der Waals surface area contributed by atoms with Gasteiger partial charge in [-0.25, -0.2) is 4.98 Å². The van der Waals surface area contributed by atoms with E-state index in [9.17, 15) is 5.26 Å². The van der Waals surface area contributed by atoms with Crippen LogP contribution in [0.2, 0.25) is 0 Å². The Morgan fingerprint density at radius 3 is 2.64 bits per heavy atom. The minimum Gasteiger partial charge on any atom is -0.496 e. The first-order chi connectivity index (χ1) is 12.0. The van der Waals surface area contributed by atoms with Gasteiger partial charge in [-0.3, -0.25) is 0 Å². The van der Waals surface area contributed by atoms with Gasteiger partial charge in [0.25, 0.3) is 0 Å². The molecule has 2 aromatic carbocycles. The number of hydrogen-bond acceptors (Lipinski definition) is 4. The molecule has 25 heavy (non-hydrogen) atoms. The van der Waals surface area contributed by atoms with Crippen molar-refractivity contribution < 1.29 is 9.47 Å². The van der Waals surface area contributed by atoms with E-state index in [0.717, 1.165) is 26.6 Å². The van der Waals surface area contributed by atoms with Crippen LogP contribution in [0.15, 0.2) is 34.8 Å². The van der Waals surface area contributed by atoms with Crippen molar-refractivity contribution in [1.29, 1.82) is 5.26 Å². The molecule has 0 saturated heterocycles. The summed E-state index contributed by atoms with van der Waals surface area (Å²) in [6, 6.07) is 11.8. The Kier molecular flexibility index (Phi) is 4.77. The molecule has 0 unspecified atom stereocenters. The van der Waals surface area contributed by atoms with Crippen LogP contribution in [0.1, 0.15) is 17.0 Å². The van der Waals surface area contributed by atoms with Gasteiger partial charge < -0.3 is 14.5 Å². The Morgan fingerprint density at radius 1 is 1.20 bits per heavy atom. The summed E-state index contributed by atoms with van der Waals surface area (Å²) >= 11 is 3.46. The third kappa shape index (κ3) is 3.37. The van der Waals surface area contributed by atoms with E-state index in [1.165, 1.54) is 0 Å². The SMILES string of the molecule is COc1cc(OC)c(C=C(C#N)c2nc3ccc(C)cc3[nH]2)cc1Br. The van der Waals surface area contributed by atoms with Crippen molar-refractivity contribution in [3.8, 4) is 17.6 Å². The number of nitriles is 1. The number of allylic oxidation sites excluding steroid dienone is 1. The zero-order valence-corrected chi connectivity index (χ0v) is 15.6. The topological polar surface area (TPSA) is 70.9 Å². The van der Waals surface area contributed by atoms with Crippen LogP contribution in [0.25, 0.3) is 22.7 Å². The highest BCUT2D eigenvalue weighted by Gasteiger charge is 2.12. The van der Waals surface area contributed by atoms with Gasteiger partial charge in [-0.2, -0.15) is 5.26 Å². The first-order valence-corrected chi connectivity index (χ1v) is 8.35. The highest BCUT2D eigenvalue weighted by Crippen LogP contribution is 2.34. The molecule has 3 rings (SSSR count). The van der Waals surface area contributed by atoms with Crippen LogP contribution >= 0.6 is 15.9 Å². The molecule has 5 nitrogen and oxygen atoms in total. The molecule has 6 heteroatoms. The number of benzene rings is 2. The summed E-state index contributed by atoms with van der Waals surface area (Å²) < 4.78 is 11.5. The van der Waals surface area contributed by atoms with Crippen LogP contribution in [0.3, 0.4) is 0 Å². The van der Waals surface area contributed by atoms with Crippen molar-refractivity contribution in [2.45, 2.75) is 6.92 Å². The van der Waals surface area contributed by atoms with E-state index in [0.29, 0.717) is 22.9 Å². The molecule has 1 N–H and O–H groups in total. The smallest absolute Gasteiger partial charge is 0.149 e. The molecular formula is C19H16BrN3O2. The number of methoxy groups -OCH3 is 2. The number of rotatable bonds is 4. The standard InChI is InChI=1S/C19H16BrN3O2/c1-11-4-5-15-16(6-11)23-19(22-15)13(10-21)7-12-8-14(20)18(25-3)9-17(12)24-2/h4-9H,1-3H3,(H,22,23). The molecule has 0 radical (unpaired) electrons. The van der Waals surface area contributed by atoms with Gasteiger partial charge in [-0.05, 0) is 52.7 Å². The monoisotopic (exact) mass is 397 g/mol. The Bertz CT molecular complexity index is 1020. The number of aromatic amines is 1. The molecular weight excluding hydrogens is 382 g/mol. The average Bonchev–Trinajstić information content (AvgIpc) is 3.02. The minimum atomic E-state index is 0.421. The lowest BCUT2D eigenvalue weighted by molar-refractivity contribution is 0.392. The number of nitrogens with zero attached hydrogens (tertiary/aromatic N) is 2. The van der Waals surface area contributed by atoms with E-state index in [4.69, 9.17) is 9.47 Å². The zero-order chi connectivity index (χ0) is 18.0. The summed E-state index contributed by atoms with van der Waals surface area (Å²) in [5.41, 5.74) is 4.03. The zero-order valence-electron chi connectivity index (χ0n) is 14.1. The van der Waals surface area contributed by atoms with E-state index in [-0.39, 0.29) is 0 Å². The first-order valence-electron chi connectivity index (χ1n) is 7.55. The van der Waals surface area contributed by atoms with E-state index in [1.807, 2.05) is 31.2 Å². The second-order valence-electron chi connectivity index (χ2n) is 5.50. The van der Waals surface area contributed by atoms with Crippen molar-refractivity contribution in [2.75, 3.05) is 14.2 Å². The van der Waals surface area contributed by atoms with Crippen molar-refractivity contribution >= 4 is 38.6 Å². The van der Waals surface area contributed by atoms with Gasteiger partial charge in [-0.1, -0.05) is 6.07 Å². The van der Waals surface area contributed by atoms with Gasteiger partial charge in [0.1, 0.15) is 23.4 Å². The number of nitrogens with one attached hydrogen (secondary N) is 1. The Hall–Kier alpha value is -2.78. The van der Waals surface area contributed by atoms with Crippen LogP contribution in [0, 0.1) is 18.3 Å². The number of aryl methyl sites for hydroxylation is 1. The van der Waals surface area contributed by atoms with Crippen LogP contribution in [0.4, 0.5) is 0 Å². The predicted octanol–water partition coefficient (Wildman–Crippen LogP) is 4.72. The van der Waals surface area contributed by atoms with Gasteiger partial charge >= 0.3 is 0 Å². The molecule has 0 saturated carbocycles. The number of hydrogen-bond donors (Lipinski definition) is 1. The summed E-state index contributed by atoms with van der Waals surface area (Å²) in [5, 5.41) is 9.60. The van der Waals surface area contributed by atoms with Gasteiger partial charge in [0.2, 0.25) is 0 Å². The third-order valence-corrected chi connectivity index (χ3v) is 4.44. The molecule has 0 atom stereocenters. The van der Waals surface area contributed by atoms with Crippen molar-refractivity contribution in [3.05, 3.63) is 51.8 Å². The maximum Gasteiger partial charge on any atom is 0.149 e. The van der Waals surface area contributed by atoms with E-state index in [1.54, 1.807) is 26.4 Å². The number of aromatic nitrogens is 2. The summed E-state index contributed by atoms with van der Waals surface area (Å²) in [7, 11) is 3.17. The Labute approximate surface area is 154 Å². The van der Waals surface area contributed by atoms with E-state index < -0.39 is 0 Å². The summed E-state index contributed by atoms with van der Waals surface area (Å²) in [4.78, 5) is 7.71. The highest BCUT2D eigenvalue weighted by atomic mass is 79.9. The quantitative estimate of drug-likeness (QED) is 0.646. The Morgan fingerprint density at radius 2 is 1.96 bits per heavy atom. The van der Waals surface area contributed by atoms with Crippen LogP contribution in [-0.4, -0.2) is 24.2 Å². The molecule has 0 amide bonds. The fourth-order valence-corrected chi connectivity index (χ4v) is 3.08. The largest absolute Gasteiger partial charge is 0.496 e. The third-order valence-electron chi connectivity index (χ3n) is 3.82. The van der Waals surface area contributed by atoms with Gasteiger partial charge in [-0.15, -0.1) is 0 Å². The molecule has 0 fully saturated rings. The molecule has 0 aliphatic heterocycles. The summed E-state index contributed by atoms with van der Waals surface area (Å²) in [6.45, 7) is 2.01. The number of fused-ring (bicyclic) bond motifs is 1. The van der Waals surface area contributed by atoms with Crippen molar-refractivity contribution in [2.24, 2.45) is 0 Å². The van der Waals surface area contributed by atoms with Gasteiger partial charge in [0, 0.05) is 11.6 Å². The maximum absolute atomic E-state index is 9.60. The van der Waals surface area contributed by atoms with E-state index in [2.05, 4.69) is 32.0 Å². The van der Waals surface area contributed by atoms with Gasteiger partial charge in [0.15, 0.2) is 0 Å². The van der Waals surface area contributed by atoms with Crippen LogP contribution < -0.4 is 9.47 Å². The molecule has 0 aliphatic carbocycles. The van der Waals surface area contributed by atoms with E-state index >= 15 is 0 Å². The molecule has 0 bridgehead atoms. The van der Waals surface area contributed by atoms with Crippen LogP contribution in [0.5, 0.6) is 11.5 Å². The van der Waals surface area contributed by atoms with Gasteiger partial charge in [0.05, 0.1) is 35.3 Å². The lowest BCUT2D eigenvalue weighted by Crippen LogP contribution is -1.92. The van der Waals surface area contributed by atoms with Crippen molar-refractivity contribution in [3.63, 3.8) is 0 Å². The second kappa shape index (κ2) is 6.99. The Balaban J connectivity index is 2.11. The summed E-state index contributed by atoms with van der Waals surface area (Å²) in [5.74, 6) is 1.79. The lowest BCUT2D eigenvalue weighted by atomic mass is 10.1. The summed E-state index contributed by atoms with van der Waals surface area (Å²) in [6.07, 6.45) is 1.74. The van der Waals surface area contributed by atoms with Crippen LogP contribution in [-0.2, 0) is 0 Å². The second-order valence-corrected chi connectivity index (χ2v) is 6.36.